The minimum absolute atomic E-state index is 0.338. The van der Waals surface area contributed by atoms with E-state index in [9.17, 15) is 9.18 Å². The maximum absolute atomic E-state index is 13.1. The largest absolute Gasteiger partial charge is 0.478 e. The van der Waals surface area contributed by atoms with Crippen LogP contribution >= 0.6 is 23.3 Å². The molecule has 0 aliphatic carbocycles. The van der Waals surface area contributed by atoms with E-state index in [2.05, 4.69) is 9.36 Å². The lowest BCUT2D eigenvalue weighted by Gasteiger charge is -2.00. The molecule has 0 bridgehead atoms. The summed E-state index contributed by atoms with van der Waals surface area (Å²) in [7, 11) is 0. The van der Waals surface area contributed by atoms with Gasteiger partial charge in [-0.1, -0.05) is 11.8 Å². The van der Waals surface area contributed by atoms with Crippen molar-refractivity contribution in [1.29, 1.82) is 0 Å². The molecular formula is C9H5FN2O2S2. The molecule has 1 aromatic carbocycles. The molecule has 0 amide bonds. The molecule has 0 fully saturated rings. The van der Waals surface area contributed by atoms with Crippen LogP contribution in [0, 0.1) is 5.82 Å². The fourth-order valence-electron chi connectivity index (χ4n) is 1.04. The molecule has 0 unspecified atom stereocenters. The van der Waals surface area contributed by atoms with Gasteiger partial charge in [0, 0.05) is 4.90 Å². The molecular weight excluding hydrogens is 251 g/mol. The quantitative estimate of drug-likeness (QED) is 0.914. The zero-order chi connectivity index (χ0) is 11.5. The highest BCUT2D eigenvalue weighted by molar-refractivity contribution is 8.01. The number of nitrogens with zero attached hydrogens (tertiary/aromatic N) is 2. The number of benzene rings is 1. The summed E-state index contributed by atoms with van der Waals surface area (Å²) in [5, 5.41) is 8.74. The number of hydrogen-bond donors (Lipinski definition) is 1. The Bertz CT molecular complexity index is 516. The van der Waals surface area contributed by atoms with Gasteiger partial charge in [0.1, 0.15) is 12.1 Å². The van der Waals surface area contributed by atoms with Crippen LogP contribution in [0.3, 0.4) is 0 Å². The van der Waals surface area contributed by atoms with Crippen LogP contribution in [0.5, 0.6) is 0 Å². The van der Waals surface area contributed by atoms with E-state index in [4.69, 9.17) is 5.11 Å². The average molecular weight is 256 g/mol. The van der Waals surface area contributed by atoms with Gasteiger partial charge in [-0.15, -0.1) is 0 Å². The molecule has 1 heterocycles. The second kappa shape index (κ2) is 4.58. The first-order valence-corrected chi connectivity index (χ1v) is 5.73. The number of carboxylic acids is 1. The lowest BCUT2D eigenvalue weighted by Crippen LogP contribution is -2.00. The van der Waals surface area contributed by atoms with Crippen molar-refractivity contribution in [2.75, 3.05) is 0 Å². The van der Waals surface area contributed by atoms with Crippen molar-refractivity contribution < 1.29 is 14.3 Å². The van der Waals surface area contributed by atoms with Crippen molar-refractivity contribution in [2.24, 2.45) is 0 Å². The first kappa shape index (κ1) is 11.0. The van der Waals surface area contributed by atoms with Gasteiger partial charge in [0.15, 0.2) is 4.34 Å². The van der Waals surface area contributed by atoms with Crippen LogP contribution in [0.25, 0.3) is 0 Å². The lowest BCUT2D eigenvalue weighted by atomic mass is 10.2. The van der Waals surface area contributed by atoms with Crippen molar-refractivity contribution in [3.05, 3.63) is 35.9 Å². The van der Waals surface area contributed by atoms with Crippen LogP contribution < -0.4 is 0 Å². The molecule has 4 nitrogen and oxygen atoms in total. The third-order valence-electron chi connectivity index (χ3n) is 1.71. The molecule has 0 radical (unpaired) electrons. The van der Waals surface area contributed by atoms with E-state index in [1.807, 2.05) is 0 Å². The number of carboxylic acid groups (broad SMARTS) is 1. The summed E-state index contributed by atoms with van der Waals surface area (Å²) in [6.45, 7) is 0. The van der Waals surface area contributed by atoms with Crippen LogP contribution in [-0.4, -0.2) is 20.4 Å². The van der Waals surface area contributed by atoms with Crippen molar-refractivity contribution in [1.82, 2.24) is 9.36 Å². The monoisotopic (exact) mass is 256 g/mol. The highest BCUT2D eigenvalue weighted by Gasteiger charge is 2.11. The molecule has 2 rings (SSSR count). The Morgan fingerprint density at radius 3 is 2.94 bits per heavy atom. The molecule has 16 heavy (non-hydrogen) atoms. The van der Waals surface area contributed by atoms with E-state index in [1.165, 1.54) is 41.8 Å². The normalized spacial score (nSPS) is 10.3. The van der Waals surface area contributed by atoms with E-state index < -0.39 is 11.8 Å². The van der Waals surface area contributed by atoms with Gasteiger partial charge in [-0.05, 0) is 29.7 Å². The lowest BCUT2D eigenvalue weighted by molar-refractivity contribution is 0.0691. The summed E-state index contributed by atoms with van der Waals surface area (Å²) >= 11 is 2.45. The molecule has 0 aliphatic rings. The fraction of sp³-hybridized carbons (Fsp3) is 0. The van der Waals surface area contributed by atoms with Gasteiger partial charge in [0.2, 0.25) is 0 Å². The van der Waals surface area contributed by atoms with E-state index in [1.54, 1.807) is 0 Å². The molecule has 0 aliphatic heterocycles. The predicted octanol–water partition coefficient (Wildman–Crippen LogP) is 2.53. The summed E-state index contributed by atoms with van der Waals surface area (Å²) in [6, 6.07) is 3.92. The molecule has 82 valence electrons. The van der Waals surface area contributed by atoms with Crippen molar-refractivity contribution in [3.8, 4) is 0 Å². The van der Waals surface area contributed by atoms with E-state index in [0.29, 0.717) is 9.24 Å². The average Bonchev–Trinajstić information content (AvgIpc) is 2.73. The first-order chi connectivity index (χ1) is 7.66. The number of rotatable bonds is 3. The molecule has 2 aromatic rings. The van der Waals surface area contributed by atoms with Gasteiger partial charge in [-0.25, -0.2) is 14.2 Å². The third kappa shape index (κ3) is 2.37. The van der Waals surface area contributed by atoms with E-state index in [0.717, 1.165) is 6.07 Å². The molecule has 1 aromatic heterocycles. The van der Waals surface area contributed by atoms with Crippen LogP contribution in [0.4, 0.5) is 4.39 Å². The fourth-order valence-corrected chi connectivity index (χ4v) is 2.50. The second-order valence-corrected chi connectivity index (χ2v) is 4.86. The van der Waals surface area contributed by atoms with Gasteiger partial charge in [0.05, 0.1) is 5.56 Å². The van der Waals surface area contributed by atoms with Crippen molar-refractivity contribution in [3.63, 3.8) is 0 Å². The smallest absolute Gasteiger partial charge is 0.338 e. The Hall–Kier alpha value is -1.47. The highest BCUT2D eigenvalue weighted by Crippen LogP contribution is 2.29. The van der Waals surface area contributed by atoms with E-state index >= 15 is 0 Å². The number of hydrogen-bond acceptors (Lipinski definition) is 5. The number of halogens is 1. The molecule has 0 atom stereocenters. The summed E-state index contributed by atoms with van der Waals surface area (Å²) in [5.74, 6) is -2.02. The molecule has 0 saturated heterocycles. The molecule has 0 spiro atoms. The van der Waals surface area contributed by atoms with Crippen LogP contribution in [-0.2, 0) is 0 Å². The number of carbonyl (C=O) groups is 1. The number of aromatic carboxylic acids is 1. The Kier molecular flexibility index (Phi) is 3.16. The zero-order valence-corrected chi connectivity index (χ0v) is 9.39. The van der Waals surface area contributed by atoms with Crippen LogP contribution in [0.2, 0.25) is 0 Å². The van der Waals surface area contributed by atoms with Crippen LogP contribution in [0.15, 0.2) is 33.8 Å². The van der Waals surface area contributed by atoms with E-state index in [-0.39, 0.29) is 5.56 Å². The standard InChI is InChI=1S/C9H5FN2O2S2/c10-7-2-1-5(3-6(7)8(13)14)15-9-11-4-12-16-9/h1-4H,(H,13,14). The maximum atomic E-state index is 13.1. The molecule has 0 saturated carbocycles. The number of aromatic nitrogens is 2. The first-order valence-electron chi connectivity index (χ1n) is 4.14. The van der Waals surface area contributed by atoms with Gasteiger partial charge < -0.3 is 5.11 Å². The summed E-state index contributed by atoms with van der Waals surface area (Å²) in [6.07, 6.45) is 1.41. The summed E-state index contributed by atoms with van der Waals surface area (Å²) in [4.78, 5) is 15.3. The Labute approximate surface area is 98.3 Å². The SMILES string of the molecule is O=C(O)c1cc(Sc2ncns2)ccc1F. The van der Waals surface area contributed by atoms with Gasteiger partial charge in [0.25, 0.3) is 0 Å². The van der Waals surface area contributed by atoms with Crippen LogP contribution in [0.1, 0.15) is 10.4 Å². The minimum atomic E-state index is -1.28. The zero-order valence-electron chi connectivity index (χ0n) is 7.75. The topological polar surface area (TPSA) is 63.1 Å². The molecule has 7 heteroatoms. The Morgan fingerprint density at radius 1 is 1.50 bits per heavy atom. The summed E-state index contributed by atoms with van der Waals surface area (Å²) < 4.78 is 17.6. The van der Waals surface area contributed by atoms with Crippen molar-refractivity contribution >= 4 is 29.3 Å². The second-order valence-electron chi connectivity index (χ2n) is 2.76. The maximum Gasteiger partial charge on any atom is 0.338 e. The Balaban J connectivity index is 2.29. The highest BCUT2D eigenvalue weighted by atomic mass is 32.2. The molecule has 1 N–H and O–H groups in total. The van der Waals surface area contributed by atoms with Gasteiger partial charge in [-0.2, -0.15) is 4.37 Å². The predicted molar refractivity (Wildman–Crippen MR) is 57.4 cm³/mol. The van der Waals surface area contributed by atoms with Crippen molar-refractivity contribution in [2.45, 2.75) is 9.24 Å². The van der Waals surface area contributed by atoms with Gasteiger partial charge in [-0.3, -0.25) is 0 Å². The van der Waals surface area contributed by atoms with Gasteiger partial charge >= 0.3 is 5.97 Å². The third-order valence-corrected chi connectivity index (χ3v) is 3.42. The minimum Gasteiger partial charge on any atom is -0.478 e. The summed E-state index contributed by atoms with van der Waals surface area (Å²) in [5.41, 5.74) is -0.338. The Morgan fingerprint density at radius 2 is 2.31 bits per heavy atom.